The molecule has 1 aliphatic carbocycles. The fraction of sp³-hybridized carbons (Fsp3) is 0.812. The van der Waals surface area contributed by atoms with Gasteiger partial charge in [0.05, 0.1) is 16.7 Å². The molecule has 0 radical (unpaired) electrons. The minimum absolute atomic E-state index is 0.543. The van der Waals surface area contributed by atoms with Crippen molar-refractivity contribution in [1.29, 1.82) is 0 Å². The number of hydrogen-bond acceptors (Lipinski definition) is 3. The molecule has 1 atom stereocenters. The fourth-order valence-corrected chi connectivity index (χ4v) is 4.74. The van der Waals surface area contributed by atoms with Gasteiger partial charge in [-0.25, -0.2) is 4.98 Å². The van der Waals surface area contributed by atoms with Crippen LogP contribution in [-0.2, 0) is 0 Å². The average molecular weight is 278 g/mol. The van der Waals surface area contributed by atoms with Crippen LogP contribution in [0.5, 0.6) is 0 Å². The highest BCUT2D eigenvalue weighted by Crippen LogP contribution is 2.39. The molecule has 1 aliphatic heterocycles. The highest BCUT2D eigenvalue weighted by Gasteiger charge is 2.25. The zero-order valence-corrected chi connectivity index (χ0v) is 12.8. The van der Waals surface area contributed by atoms with E-state index in [9.17, 15) is 0 Å². The molecule has 2 fully saturated rings. The van der Waals surface area contributed by atoms with Crippen LogP contribution in [0.4, 0.5) is 0 Å². The summed E-state index contributed by atoms with van der Waals surface area (Å²) < 4.78 is 0. The van der Waals surface area contributed by atoms with Gasteiger partial charge in [0.25, 0.3) is 0 Å². The zero-order valence-electron chi connectivity index (χ0n) is 12.0. The van der Waals surface area contributed by atoms with E-state index in [2.05, 4.69) is 17.6 Å². The lowest BCUT2D eigenvalue weighted by atomic mass is 9.80. The molecule has 0 unspecified atom stereocenters. The lowest BCUT2D eigenvalue weighted by Gasteiger charge is -2.27. The monoisotopic (exact) mass is 278 g/mol. The number of rotatable bonds is 4. The Morgan fingerprint density at radius 2 is 2.11 bits per heavy atom. The summed E-state index contributed by atoms with van der Waals surface area (Å²) in [6.07, 6.45) is 11.0. The Morgan fingerprint density at radius 1 is 1.26 bits per heavy atom. The molecule has 2 nitrogen and oxygen atoms in total. The quantitative estimate of drug-likeness (QED) is 0.867. The Kier molecular flexibility index (Phi) is 4.54. The van der Waals surface area contributed by atoms with E-state index >= 15 is 0 Å². The van der Waals surface area contributed by atoms with Crippen molar-refractivity contribution < 1.29 is 0 Å². The molecule has 1 N–H and O–H groups in total. The van der Waals surface area contributed by atoms with Crippen LogP contribution in [-0.4, -0.2) is 11.5 Å². The molecule has 0 spiro atoms. The Hall–Kier alpha value is -0.410. The molecule has 1 aromatic heterocycles. The smallest absolute Gasteiger partial charge is 0.0959 e. The number of nitrogens with zero attached hydrogens (tertiary/aromatic N) is 1. The Bertz CT molecular complexity index is 387. The molecule has 0 bridgehead atoms. The van der Waals surface area contributed by atoms with Crippen LogP contribution >= 0.6 is 11.3 Å². The van der Waals surface area contributed by atoms with Gasteiger partial charge in [0, 0.05) is 11.3 Å². The van der Waals surface area contributed by atoms with Crippen molar-refractivity contribution in [1.82, 2.24) is 10.3 Å². The summed E-state index contributed by atoms with van der Waals surface area (Å²) in [5, 5.41) is 7.27. The molecule has 0 aromatic carbocycles. The minimum Gasteiger partial charge on any atom is -0.309 e. The van der Waals surface area contributed by atoms with Gasteiger partial charge in [0.1, 0.15) is 0 Å². The van der Waals surface area contributed by atoms with E-state index in [-0.39, 0.29) is 0 Å². The van der Waals surface area contributed by atoms with E-state index in [1.54, 1.807) is 0 Å². The van der Waals surface area contributed by atoms with Crippen molar-refractivity contribution in [2.24, 2.45) is 5.92 Å². The standard InChI is InChI=1S/C16H26N2S/c1-2-4-12-6-8-13(9-7-12)16-18-15(11-19-16)14-5-3-10-17-14/h11-14,17H,2-10H2,1H3/t12?,13?,14-/m0/s1. The van der Waals surface area contributed by atoms with Crippen molar-refractivity contribution >= 4 is 11.3 Å². The molecule has 19 heavy (non-hydrogen) atoms. The summed E-state index contributed by atoms with van der Waals surface area (Å²) in [4.78, 5) is 4.94. The molecule has 3 heteroatoms. The maximum Gasteiger partial charge on any atom is 0.0959 e. The number of nitrogens with one attached hydrogen (secondary N) is 1. The second-order valence-corrected chi connectivity index (χ2v) is 7.16. The number of thiazole rings is 1. The van der Waals surface area contributed by atoms with Crippen LogP contribution < -0.4 is 5.32 Å². The topological polar surface area (TPSA) is 24.9 Å². The van der Waals surface area contributed by atoms with E-state index in [1.165, 1.54) is 68.6 Å². The SMILES string of the molecule is CCCC1CCC(c2nc([C@@H]3CCCN3)cs2)CC1. The molecule has 1 saturated carbocycles. The van der Waals surface area contributed by atoms with Gasteiger partial charge in [0.15, 0.2) is 0 Å². The summed E-state index contributed by atoms with van der Waals surface area (Å²) in [5.41, 5.74) is 1.31. The van der Waals surface area contributed by atoms with Gasteiger partial charge in [0.2, 0.25) is 0 Å². The van der Waals surface area contributed by atoms with Gasteiger partial charge in [-0.3, -0.25) is 0 Å². The van der Waals surface area contributed by atoms with Crippen molar-refractivity contribution in [3.05, 3.63) is 16.1 Å². The summed E-state index contributed by atoms with van der Waals surface area (Å²) >= 11 is 1.91. The molecule has 2 aliphatic rings. The average Bonchev–Trinajstić information content (AvgIpc) is 3.11. The fourth-order valence-electron chi connectivity index (χ4n) is 3.69. The first-order valence-corrected chi connectivity index (χ1v) is 8.93. The number of aromatic nitrogens is 1. The molecule has 3 rings (SSSR count). The van der Waals surface area contributed by atoms with E-state index in [1.807, 2.05) is 11.3 Å². The molecule has 0 amide bonds. The van der Waals surface area contributed by atoms with Gasteiger partial charge in [-0.05, 0) is 51.0 Å². The molecular weight excluding hydrogens is 252 g/mol. The molecule has 106 valence electrons. The third-order valence-corrected chi connectivity index (χ3v) is 5.88. The van der Waals surface area contributed by atoms with Crippen LogP contribution in [0.2, 0.25) is 0 Å². The van der Waals surface area contributed by atoms with Crippen LogP contribution in [0, 0.1) is 5.92 Å². The Balaban J connectivity index is 1.58. The first kappa shape index (κ1) is 13.6. The van der Waals surface area contributed by atoms with Gasteiger partial charge in [-0.15, -0.1) is 11.3 Å². The lowest BCUT2D eigenvalue weighted by Crippen LogP contribution is -2.15. The maximum absolute atomic E-state index is 4.94. The Labute approximate surface area is 121 Å². The van der Waals surface area contributed by atoms with Crippen molar-refractivity contribution in [2.45, 2.75) is 70.3 Å². The van der Waals surface area contributed by atoms with E-state index in [0.717, 1.165) is 11.8 Å². The first-order chi connectivity index (χ1) is 9.36. The predicted molar refractivity (Wildman–Crippen MR) is 81.7 cm³/mol. The highest BCUT2D eigenvalue weighted by molar-refractivity contribution is 7.09. The van der Waals surface area contributed by atoms with Crippen molar-refractivity contribution in [2.75, 3.05) is 6.54 Å². The summed E-state index contributed by atoms with van der Waals surface area (Å²) in [6.45, 7) is 3.48. The first-order valence-electron chi connectivity index (χ1n) is 8.05. The third-order valence-electron chi connectivity index (χ3n) is 4.85. The largest absolute Gasteiger partial charge is 0.309 e. The van der Waals surface area contributed by atoms with Gasteiger partial charge >= 0.3 is 0 Å². The second kappa shape index (κ2) is 6.36. The van der Waals surface area contributed by atoms with Crippen LogP contribution in [0.15, 0.2) is 5.38 Å². The molecule has 1 aromatic rings. The zero-order chi connectivity index (χ0) is 13.1. The lowest BCUT2D eigenvalue weighted by molar-refractivity contribution is 0.307. The predicted octanol–water partition coefficient (Wildman–Crippen LogP) is 4.64. The highest BCUT2D eigenvalue weighted by atomic mass is 32.1. The third kappa shape index (κ3) is 3.19. The summed E-state index contributed by atoms with van der Waals surface area (Å²) in [5.74, 6) is 1.76. The minimum atomic E-state index is 0.543. The summed E-state index contributed by atoms with van der Waals surface area (Å²) in [6, 6.07) is 0.543. The van der Waals surface area contributed by atoms with Gasteiger partial charge < -0.3 is 5.32 Å². The number of hydrogen-bond donors (Lipinski definition) is 1. The molecule has 1 saturated heterocycles. The van der Waals surface area contributed by atoms with Crippen LogP contribution in [0.1, 0.15) is 81.0 Å². The molecular formula is C16H26N2S. The van der Waals surface area contributed by atoms with Gasteiger partial charge in [-0.1, -0.05) is 19.8 Å². The van der Waals surface area contributed by atoms with E-state index in [0.29, 0.717) is 6.04 Å². The maximum atomic E-state index is 4.94. The van der Waals surface area contributed by atoms with E-state index < -0.39 is 0 Å². The Morgan fingerprint density at radius 3 is 2.79 bits per heavy atom. The normalized spacial score (nSPS) is 31.7. The van der Waals surface area contributed by atoms with Crippen LogP contribution in [0.3, 0.4) is 0 Å². The van der Waals surface area contributed by atoms with Gasteiger partial charge in [-0.2, -0.15) is 0 Å². The van der Waals surface area contributed by atoms with E-state index in [4.69, 9.17) is 4.98 Å². The molecule has 2 heterocycles. The van der Waals surface area contributed by atoms with Crippen molar-refractivity contribution in [3.63, 3.8) is 0 Å². The van der Waals surface area contributed by atoms with Crippen molar-refractivity contribution in [3.8, 4) is 0 Å². The van der Waals surface area contributed by atoms with Crippen LogP contribution in [0.25, 0.3) is 0 Å². The summed E-state index contributed by atoms with van der Waals surface area (Å²) in [7, 11) is 0. The second-order valence-electron chi connectivity index (χ2n) is 6.27.